The third kappa shape index (κ3) is 3.47. The molecule has 2 N–H and O–H groups in total. The normalized spacial score (nSPS) is 15.4. The lowest BCUT2D eigenvalue weighted by Crippen LogP contribution is -2.46. The number of benzene rings is 1. The van der Waals surface area contributed by atoms with Crippen LogP contribution in [0.25, 0.3) is 0 Å². The Kier molecular flexibility index (Phi) is 5.07. The first-order valence-electron chi connectivity index (χ1n) is 7.49. The average Bonchev–Trinajstić information content (AvgIpc) is 2.46. The molecule has 5 heteroatoms. The Morgan fingerprint density at radius 3 is 2.86 bits per heavy atom. The van der Waals surface area contributed by atoms with Gasteiger partial charge in [-0.3, -0.25) is 0 Å². The Morgan fingerprint density at radius 2 is 2.24 bits per heavy atom. The van der Waals surface area contributed by atoms with Gasteiger partial charge in [-0.1, -0.05) is 13.0 Å². The van der Waals surface area contributed by atoms with Crippen molar-refractivity contribution in [2.75, 3.05) is 18.1 Å². The second kappa shape index (κ2) is 6.80. The molecule has 1 atom stereocenters. The summed E-state index contributed by atoms with van der Waals surface area (Å²) in [5.74, 6) is 0.614. The van der Waals surface area contributed by atoms with Gasteiger partial charge in [-0.05, 0) is 38.0 Å². The fraction of sp³-hybridized carbons (Fsp3) is 0.562. The summed E-state index contributed by atoms with van der Waals surface area (Å²) in [4.78, 5) is 14.4. The van der Waals surface area contributed by atoms with E-state index in [4.69, 9.17) is 15.2 Å². The smallest absolute Gasteiger partial charge is 0.329 e. The Balaban J connectivity index is 2.26. The van der Waals surface area contributed by atoms with Crippen LogP contribution in [0.1, 0.15) is 32.8 Å². The van der Waals surface area contributed by atoms with E-state index in [-0.39, 0.29) is 18.1 Å². The fourth-order valence-electron chi connectivity index (χ4n) is 2.56. The Labute approximate surface area is 126 Å². The minimum Gasteiger partial charge on any atom is -0.490 e. The molecule has 21 heavy (non-hydrogen) atoms. The van der Waals surface area contributed by atoms with Crippen molar-refractivity contribution in [2.24, 2.45) is 5.73 Å². The molecule has 116 valence electrons. The molecule has 0 spiro atoms. The van der Waals surface area contributed by atoms with Crippen molar-refractivity contribution in [1.82, 2.24) is 0 Å². The zero-order valence-electron chi connectivity index (χ0n) is 13.0. The monoisotopic (exact) mass is 292 g/mol. The van der Waals surface area contributed by atoms with Crippen LogP contribution < -0.4 is 15.4 Å². The molecule has 1 unspecified atom stereocenters. The summed E-state index contributed by atoms with van der Waals surface area (Å²) < 4.78 is 11.1. The summed E-state index contributed by atoms with van der Waals surface area (Å²) >= 11 is 0. The molecule has 0 bridgehead atoms. The summed E-state index contributed by atoms with van der Waals surface area (Å²) in [6, 6.07) is 5.61. The van der Waals surface area contributed by atoms with Crippen LogP contribution in [0.2, 0.25) is 0 Å². The van der Waals surface area contributed by atoms with Gasteiger partial charge in [0.15, 0.2) is 0 Å². The van der Waals surface area contributed by atoms with E-state index in [1.54, 1.807) is 0 Å². The highest BCUT2D eigenvalue weighted by Crippen LogP contribution is 2.34. The van der Waals surface area contributed by atoms with E-state index in [0.29, 0.717) is 26.1 Å². The number of hydrogen-bond acceptors (Lipinski definition) is 5. The lowest BCUT2D eigenvalue weighted by molar-refractivity contribution is -0.149. The van der Waals surface area contributed by atoms with E-state index >= 15 is 0 Å². The fourth-order valence-corrected chi connectivity index (χ4v) is 2.56. The lowest BCUT2D eigenvalue weighted by Gasteiger charge is -2.36. The van der Waals surface area contributed by atoms with Gasteiger partial charge >= 0.3 is 5.97 Å². The predicted octanol–water partition coefficient (Wildman–Crippen LogP) is 2.07. The van der Waals surface area contributed by atoms with Gasteiger partial charge in [-0.2, -0.15) is 0 Å². The molecule has 0 aliphatic carbocycles. The summed E-state index contributed by atoms with van der Waals surface area (Å²) in [7, 11) is 0. The zero-order valence-corrected chi connectivity index (χ0v) is 13.0. The van der Waals surface area contributed by atoms with Crippen molar-refractivity contribution in [2.45, 2.75) is 45.9 Å². The van der Waals surface area contributed by atoms with E-state index < -0.39 is 0 Å². The molecule has 0 amide bonds. The molecule has 2 rings (SSSR count). The maximum atomic E-state index is 12.3. The van der Waals surface area contributed by atoms with Gasteiger partial charge in [0.2, 0.25) is 0 Å². The molecule has 0 fully saturated rings. The standard InChI is InChI=1S/C16H24N2O3/c1-4-13(16(19)21-11(2)3)18-7-8-20-15-9-12(10-17)5-6-14(15)18/h5-6,9,11,13H,4,7-8,10,17H2,1-3H3. The third-order valence-electron chi connectivity index (χ3n) is 3.55. The minimum atomic E-state index is -0.279. The Hall–Kier alpha value is -1.75. The molecule has 0 aromatic heterocycles. The highest BCUT2D eigenvalue weighted by Gasteiger charge is 2.30. The summed E-state index contributed by atoms with van der Waals surface area (Å²) in [6.45, 7) is 7.45. The SMILES string of the molecule is CCC(C(=O)OC(C)C)N1CCOc2cc(CN)ccc21. The van der Waals surface area contributed by atoms with E-state index in [1.165, 1.54) is 0 Å². The van der Waals surface area contributed by atoms with Crippen LogP contribution in [0.5, 0.6) is 5.75 Å². The van der Waals surface area contributed by atoms with Gasteiger partial charge in [-0.15, -0.1) is 0 Å². The zero-order chi connectivity index (χ0) is 15.4. The summed E-state index contributed by atoms with van der Waals surface area (Å²) in [5.41, 5.74) is 7.62. The summed E-state index contributed by atoms with van der Waals surface area (Å²) in [5, 5.41) is 0. The Bertz CT molecular complexity index is 502. The maximum absolute atomic E-state index is 12.3. The van der Waals surface area contributed by atoms with Crippen molar-refractivity contribution in [3.8, 4) is 5.75 Å². The molecule has 0 saturated heterocycles. The molecule has 1 aliphatic heterocycles. The molecule has 0 radical (unpaired) electrons. The Morgan fingerprint density at radius 1 is 1.48 bits per heavy atom. The number of carbonyl (C=O) groups excluding carboxylic acids is 1. The topological polar surface area (TPSA) is 64.8 Å². The second-order valence-corrected chi connectivity index (χ2v) is 5.46. The van der Waals surface area contributed by atoms with Crippen molar-refractivity contribution in [3.63, 3.8) is 0 Å². The first kappa shape index (κ1) is 15.6. The lowest BCUT2D eigenvalue weighted by atomic mass is 10.1. The van der Waals surface area contributed by atoms with Crippen molar-refractivity contribution in [1.29, 1.82) is 0 Å². The first-order valence-corrected chi connectivity index (χ1v) is 7.49. The maximum Gasteiger partial charge on any atom is 0.329 e. The highest BCUT2D eigenvalue weighted by atomic mass is 16.5. The van der Waals surface area contributed by atoms with E-state index in [9.17, 15) is 4.79 Å². The second-order valence-electron chi connectivity index (χ2n) is 5.46. The number of esters is 1. The van der Waals surface area contributed by atoms with Crippen LogP contribution in [0.15, 0.2) is 18.2 Å². The van der Waals surface area contributed by atoms with E-state index in [0.717, 1.165) is 17.0 Å². The van der Waals surface area contributed by atoms with Crippen LogP contribution in [0.3, 0.4) is 0 Å². The number of rotatable bonds is 5. The van der Waals surface area contributed by atoms with Crippen molar-refractivity contribution in [3.05, 3.63) is 23.8 Å². The van der Waals surface area contributed by atoms with Gasteiger partial charge in [0, 0.05) is 6.54 Å². The predicted molar refractivity (Wildman–Crippen MR) is 82.5 cm³/mol. The molecular weight excluding hydrogens is 268 g/mol. The van der Waals surface area contributed by atoms with Crippen LogP contribution >= 0.6 is 0 Å². The number of hydrogen-bond donors (Lipinski definition) is 1. The van der Waals surface area contributed by atoms with Gasteiger partial charge in [0.1, 0.15) is 18.4 Å². The minimum absolute atomic E-state index is 0.105. The number of carbonyl (C=O) groups is 1. The number of fused-ring (bicyclic) bond motifs is 1. The van der Waals surface area contributed by atoms with Gasteiger partial charge in [-0.25, -0.2) is 4.79 Å². The number of ether oxygens (including phenoxy) is 2. The van der Waals surface area contributed by atoms with Crippen molar-refractivity contribution >= 4 is 11.7 Å². The van der Waals surface area contributed by atoms with Crippen LogP contribution in [-0.4, -0.2) is 31.3 Å². The third-order valence-corrected chi connectivity index (χ3v) is 3.55. The van der Waals surface area contributed by atoms with Crippen LogP contribution in [0.4, 0.5) is 5.69 Å². The van der Waals surface area contributed by atoms with Gasteiger partial charge in [0.25, 0.3) is 0 Å². The van der Waals surface area contributed by atoms with Crippen LogP contribution in [-0.2, 0) is 16.1 Å². The van der Waals surface area contributed by atoms with Gasteiger partial charge in [0.05, 0.1) is 18.3 Å². The van der Waals surface area contributed by atoms with Crippen molar-refractivity contribution < 1.29 is 14.3 Å². The molecular formula is C16H24N2O3. The average molecular weight is 292 g/mol. The number of nitrogens with zero attached hydrogens (tertiary/aromatic N) is 1. The summed E-state index contributed by atoms with van der Waals surface area (Å²) in [6.07, 6.45) is 0.593. The number of nitrogens with two attached hydrogens (primary N) is 1. The van der Waals surface area contributed by atoms with E-state index in [1.807, 2.05) is 39.0 Å². The molecule has 1 aromatic rings. The van der Waals surface area contributed by atoms with Crippen LogP contribution in [0, 0.1) is 0 Å². The molecule has 0 saturated carbocycles. The number of anilines is 1. The highest BCUT2D eigenvalue weighted by molar-refractivity contribution is 5.81. The molecule has 1 heterocycles. The largest absolute Gasteiger partial charge is 0.490 e. The molecule has 1 aromatic carbocycles. The first-order chi connectivity index (χ1) is 10.1. The molecule has 5 nitrogen and oxygen atoms in total. The molecule has 1 aliphatic rings. The van der Waals surface area contributed by atoms with Gasteiger partial charge < -0.3 is 20.1 Å². The quantitative estimate of drug-likeness (QED) is 0.842. The van der Waals surface area contributed by atoms with E-state index in [2.05, 4.69) is 4.90 Å².